The molecule has 1 heterocycles. The van der Waals surface area contributed by atoms with Gasteiger partial charge in [-0.25, -0.2) is 8.42 Å². The zero-order valence-corrected chi connectivity index (χ0v) is 6.65. The maximum atomic E-state index is 11.0. The molecule has 0 radical (unpaired) electrons. The third-order valence-corrected chi connectivity index (χ3v) is 3.96. The van der Waals surface area contributed by atoms with Gasteiger partial charge in [0, 0.05) is 12.8 Å². The summed E-state index contributed by atoms with van der Waals surface area (Å²) in [5.41, 5.74) is 0. The molecular formula is C6H10O3S. The molecule has 1 atom stereocenters. The fourth-order valence-electron chi connectivity index (χ4n) is 1.01. The normalized spacial score (nSPS) is 32.1. The van der Waals surface area contributed by atoms with Crippen molar-refractivity contribution in [2.45, 2.75) is 25.0 Å². The maximum Gasteiger partial charge on any atom is 0.153 e. The predicted molar refractivity (Wildman–Crippen MR) is 37.5 cm³/mol. The predicted octanol–water partition coefficient (Wildman–Crippen LogP) is 0.153. The molecule has 3 nitrogen and oxygen atoms in total. The molecule has 0 aromatic rings. The van der Waals surface area contributed by atoms with Crippen LogP contribution in [0.4, 0.5) is 0 Å². The van der Waals surface area contributed by atoms with Gasteiger partial charge < -0.3 is 0 Å². The van der Waals surface area contributed by atoms with Crippen LogP contribution in [0.15, 0.2) is 0 Å². The van der Waals surface area contributed by atoms with Crippen LogP contribution in [0.25, 0.3) is 0 Å². The van der Waals surface area contributed by atoms with E-state index in [-0.39, 0.29) is 24.4 Å². The highest BCUT2D eigenvalue weighted by molar-refractivity contribution is 7.92. The first-order valence-electron chi connectivity index (χ1n) is 3.25. The van der Waals surface area contributed by atoms with E-state index in [9.17, 15) is 13.2 Å². The van der Waals surface area contributed by atoms with Gasteiger partial charge in [0.1, 0.15) is 5.78 Å². The van der Waals surface area contributed by atoms with Crippen LogP contribution in [0.2, 0.25) is 0 Å². The van der Waals surface area contributed by atoms with Crippen LogP contribution < -0.4 is 0 Å². The molecule has 1 unspecified atom stereocenters. The van der Waals surface area contributed by atoms with Crippen LogP contribution in [-0.4, -0.2) is 25.2 Å². The van der Waals surface area contributed by atoms with Crippen LogP contribution >= 0.6 is 0 Å². The third kappa shape index (κ3) is 1.37. The molecule has 4 heteroatoms. The Morgan fingerprint density at radius 3 is 2.50 bits per heavy atom. The first-order chi connectivity index (χ1) is 4.52. The molecule has 0 N–H and O–H groups in total. The van der Waals surface area contributed by atoms with Crippen LogP contribution in [0.3, 0.4) is 0 Å². The van der Waals surface area contributed by atoms with Gasteiger partial charge in [-0.2, -0.15) is 0 Å². The average Bonchev–Trinajstić information content (AvgIpc) is 1.81. The largest absolute Gasteiger partial charge is 0.300 e. The number of hydrogen-bond acceptors (Lipinski definition) is 3. The zero-order valence-electron chi connectivity index (χ0n) is 5.83. The fourth-order valence-corrected chi connectivity index (χ4v) is 2.36. The summed E-state index contributed by atoms with van der Waals surface area (Å²) < 4.78 is 21.9. The Labute approximate surface area is 60.3 Å². The minimum absolute atomic E-state index is 0.0486. The van der Waals surface area contributed by atoms with Crippen molar-refractivity contribution in [3.8, 4) is 0 Å². The minimum Gasteiger partial charge on any atom is -0.300 e. The van der Waals surface area contributed by atoms with Gasteiger partial charge in [0.25, 0.3) is 0 Å². The van der Waals surface area contributed by atoms with E-state index < -0.39 is 15.1 Å². The van der Waals surface area contributed by atoms with Crippen molar-refractivity contribution in [2.75, 3.05) is 5.75 Å². The summed E-state index contributed by atoms with van der Waals surface area (Å²) in [5, 5.41) is -0.450. The van der Waals surface area contributed by atoms with Gasteiger partial charge in [-0.3, -0.25) is 4.79 Å². The van der Waals surface area contributed by atoms with Gasteiger partial charge in [0.2, 0.25) is 0 Å². The molecule has 0 bridgehead atoms. The number of hydrogen-bond donors (Lipinski definition) is 0. The summed E-state index contributed by atoms with van der Waals surface area (Å²) in [5.74, 6) is 0.120. The Hall–Kier alpha value is -0.380. The van der Waals surface area contributed by atoms with Gasteiger partial charge >= 0.3 is 0 Å². The molecule has 1 aliphatic heterocycles. The lowest BCUT2D eigenvalue weighted by Crippen LogP contribution is -2.30. The summed E-state index contributed by atoms with van der Waals surface area (Å²) in [6.07, 6.45) is 0.426. The molecule has 1 fully saturated rings. The minimum atomic E-state index is -2.92. The topological polar surface area (TPSA) is 51.2 Å². The molecule has 0 aromatic heterocycles. The molecule has 1 aliphatic rings. The monoisotopic (exact) mass is 162 g/mol. The van der Waals surface area contributed by atoms with E-state index in [1.165, 1.54) is 0 Å². The Bertz CT molecular complexity index is 240. The second-order valence-corrected chi connectivity index (χ2v) is 5.21. The van der Waals surface area contributed by atoms with Gasteiger partial charge in [-0.1, -0.05) is 0 Å². The molecule has 0 saturated carbocycles. The van der Waals surface area contributed by atoms with Crippen LogP contribution in [0.1, 0.15) is 19.8 Å². The van der Waals surface area contributed by atoms with Gasteiger partial charge in [0.05, 0.1) is 11.0 Å². The molecule has 0 aromatic carbocycles. The summed E-state index contributed by atoms with van der Waals surface area (Å²) in [4.78, 5) is 10.7. The van der Waals surface area contributed by atoms with Crippen molar-refractivity contribution in [2.24, 2.45) is 0 Å². The molecule has 58 valence electrons. The average molecular weight is 162 g/mol. The number of Topliss-reactive ketones (excluding diaryl/α,β-unsaturated/α-hetero) is 1. The first kappa shape index (κ1) is 7.72. The first-order valence-corrected chi connectivity index (χ1v) is 4.97. The van der Waals surface area contributed by atoms with E-state index >= 15 is 0 Å². The van der Waals surface area contributed by atoms with E-state index in [1.54, 1.807) is 6.92 Å². The van der Waals surface area contributed by atoms with Gasteiger partial charge in [-0.15, -0.1) is 0 Å². The van der Waals surface area contributed by atoms with Crippen LogP contribution in [0, 0.1) is 0 Å². The molecule has 10 heavy (non-hydrogen) atoms. The number of ketones is 1. The third-order valence-electron chi connectivity index (χ3n) is 1.79. The lowest BCUT2D eigenvalue weighted by molar-refractivity contribution is -0.118. The van der Waals surface area contributed by atoms with Crippen LogP contribution in [0.5, 0.6) is 0 Å². The molecule has 0 spiro atoms. The van der Waals surface area contributed by atoms with E-state index in [0.717, 1.165) is 0 Å². The SMILES string of the molecule is CC1CC(=O)CCS1(=O)=O. The quantitative estimate of drug-likeness (QED) is 0.509. The smallest absolute Gasteiger partial charge is 0.153 e. The highest BCUT2D eigenvalue weighted by Crippen LogP contribution is 2.15. The van der Waals surface area contributed by atoms with Gasteiger partial charge in [-0.05, 0) is 6.92 Å². The molecule has 0 aliphatic carbocycles. The Kier molecular flexibility index (Phi) is 1.81. The maximum absolute atomic E-state index is 11.0. The lowest BCUT2D eigenvalue weighted by atomic mass is 10.2. The van der Waals surface area contributed by atoms with Crippen LogP contribution in [-0.2, 0) is 14.6 Å². The van der Waals surface area contributed by atoms with E-state index in [0.29, 0.717) is 0 Å². The number of rotatable bonds is 0. The molecule has 1 rings (SSSR count). The standard InChI is InChI=1S/C6H10O3S/c1-5-4-6(7)2-3-10(5,8)9/h5H,2-4H2,1H3. The molecule has 0 amide bonds. The number of carbonyl (C=O) groups is 1. The summed E-state index contributed by atoms with van der Waals surface area (Å²) in [6, 6.07) is 0. The van der Waals surface area contributed by atoms with E-state index in [1.807, 2.05) is 0 Å². The molecule has 1 saturated heterocycles. The van der Waals surface area contributed by atoms with Crippen molar-refractivity contribution in [3.63, 3.8) is 0 Å². The van der Waals surface area contributed by atoms with E-state index in [2.05, 4.69) is 0 Å². The Morgan fingerprint density at radius 1 is 1.50 bits per heavy atom. The highest BCUT2D eigenvalue weighted by atomic mass is 32.2. The Morgan fingerprint density at radius 2 is 2.10 bits per heavy atom. The van der Waals surface area contributed by atoms with Crippen molar-refractivity contribution < 1.29 is 13.2 Å². The summed E-state index contributed by atoms with van der Waals surface area (Å²) in [7, 11) is -2.92. The fraction of sp³-hybridized carbons (Fsp3) is 0.833. The van der Waals surface area contributed by atoms with Gasteiger partial charge in [0.15, 0.2) is 9.84 Å². The van der Waals surface area contributed by atoms with Crippen molar-refractivity contribution >= 4 is 15.6 Å². The highest BCUT2D eigenvalue weighted by Gasteiger charge is 2.28. The summed E-state index contributed by atoms with van der Waals surface area (Å²) in [6.45, 7) is 1.59. The van der Waals surface area contributed by atoms with Crippen molar-refractivity contribution in [1.29, 1.82) is 0 Å². The second-order valence-electron chi connectivity index (χ2n) is 2.67. The van der Waals surface area contributed by atoms with Crippen molar-refractivity contribution in [3.05, 3.63) is 0 Å². The van der Waals surface area contributed by atoms with Crippen molar-refractivity contribution in [1.82, 2.24) is 0 Å². The summed E-state index contributed by atoms with van der Waals surface area (Å²) >= 11 is 0. The van der Waals surface area contributed by atoms with E-state index in [4.69, 9.17) is 0 Å². The molecular weight excluding hydrogens is 152 g/mol. The number of sulfone groups is 1. The second kappa shape index (κ2) is 2.34. The lowest BCUT2D eigenvalue weighted by Gasteiger charge is -2.16. The number of carbonyl (C=O) groups excluding carboxylic acids is 1. The Balaban J connectivity index is 2.80. The zero-order chi connectivity index (χ0) is 7.78.